The molecule has 0 bridgehead atoms. The molecule has 0 nitrogen and oxygen atoms in total. The minimum atomic E-state index is 0.802. The van der Waals surface area contributed by atoms with Gasteiger partial charge in [-0.05, 0) is 45.8 Å². The number of hydrogen-bond donors (Lipinski definition) is 0. The molecule has 0 radical (unpaired) electrons. The molecular formula is C23H21Cl. The summed E-state index contributed by atoms with van der Waals surface area (Å²) < 4.78 is 0. The number of benzene rings is 4. The van der Waals surface area contributed by atoms with Gasteiger partial charge in [-0.1, -0.05) is 92.2 Å². The van der Waals surface area contributed by atoms with Crippen molar-refractivity contribution in [3.05, 3.63) is 83.4 Å². The van der Waals surface area contributed by atoms with Gasteiger partial charge >= 0.3 is 0 Å². The Balaban J connectivity index is 0.000000815. The van der Waals surface area contributed by atoms with E-state index in [2.05, 4.69) is 67.6 Å². The van der Waals surface area contributed by atoms with Crippen LogP contribution in [0.4, 0.5) is 0 Å². The van der Waals surface area contributed by atoms with Gasteiger partial charge in [-0.25, -0.2) is 0 Å². The Morgan fingerprint density at radius 1 is 0.542 bits per heavy atom. The van der Waals surface area contributed by atoms with Crippen molar-refractivity contribution in [1.29, 1.82) is 0 Å². The van der Waals surface area contributed by atoms with Crippen molar-refractivity contribution in [1.82, 2.24) is 0 Å². The maximum atomic E-state index is 6.36. The van der Waals surface area contributed by atoms with Crippen molar-refractivity contribution in [2.75, 3.05) is 0 Å². The van der Waals surface area contributed by atoms with E-state index in [1.54, 1.807) is 0 Å². The molecule has 0 spiro atoms. The van der Waals surface area contributed by atoms with E-state index < -0.39 is 0 Å². The molecule has 120 valence electrons. The van der Waals surface area contributed by atoms with Gasteiger partial charge in [0.25, 0.3) is 0 Å². The summed E-state index contributed by atoms with van der Waals surface area (Å²) in [5.41, 5.74) is 3.79. The zero-order valence-corrected chi connectivity index (χ0v) is 15.1. The fourth-order valence-corrected chi connectivity index (χ4v) is 3.41. The summed E-state index contributed by atoms with van der Waals surface area (Å²) in [5, 5.41) is 5.69. The average molecular weight is 333 g/mol. The highest BCUT2D eigenvalue weighted by molar-refractivity contribution is 6.36. The van der Waals surface area contributed by atoms with Crippen LogP contribution < -0.4 is 0 Å². The molecule has 0 fully saturated rings. The summed E-state index contributed by atoms with van der Waals surface area (Å²) in [6, 6.07) is 25.4. The number of aryl methyl sites for hydroxylation is 1. The van der Waals surface area contributed by atoms with Crippen LogP contribution in [-0.2, 0) is 0 Å². The monoisotopic (exact) mass is 332 g/mol. The Morgan fingerprint density at radius 3 is 1.62 bits per heavy atom. The summed E-state index contributed by atoms with van der Waals surface area (Å²) in [4.78, 5) is 0. The first-order valence-electron chi connectivity index (χ1n) is 8.42. The second kappa shape index (κ2) is 7.07. The summed E-state index contributed by atoms with van der Waals surface area (Å²) in [5.74, 6) is 0. The van der Waals surface area contributed by atoms with E-state index in [4.69, 9.17) is 11.6 Å². The smallest absolute Gasteiger partial charge is 0.0484 e. The molecular weight excluding hydrogens is 312 g/mol. The molecule has 0 aliphatic carbocycles. The quantitative estimate of drug-likeness (QED) is 0.336. The molecule has 1 heteroatoms. The topological polar surface area (TPSA) is 0 Å². The van der Waals surface area contributed by atoms with Crippen molar-refractivity contribution in [3.63, 3.8) is 0 Å². The van der Waals surface area contributed by atoms with E-state index in [0.29, 0.717) is 0 Å². The van der Waals surface area contributed by atoms with Crippen LogP contribution in [0.2, 0.25) is 5.02 Å². The maximum Gasteiger partial charge on any atom is 0.0484 e. The van der Waals surface area contributed by atoms with Crippen molar-refractivity contribution in [2.45, 2.75) is 20.8 Å². The van der Waals surface area contributed by atoms with Crippen LogP contribution in [0.1, 0.15) is 19.4 Å². The predicted octanol–water partition coefficient (Wildman–Crippen LogP) is 7.65. The summed E-state index contributed by atoms with van der Waals surface area (Å²) in [6.45, 7) is 6.16. The van der Waals surface area contributed by atoms with Gasteiger partial charge in [-0.2, -0.15) is 0 Å². The van der Waals surface area contributed by atoms with Crippen LogP contribution in [-0.4, -0.2) is 0 Å². The van der Waals surface area contributed by atoms with Crippen LogP contribution in [0.25, 0.3) is 32.7 Å². The van der Waals surface area contributed by atoms with Gasteiger partial charge in [0, 0.05) is 10.4 Å². The fraction of sp³-hybridized carbons (Fsp3) is 0.130. The molecule has 0 unspecified atom stereocenters. The highest BCUT2D eigenvalue weighted by Crippen LogP contribution is 2.37. The largest absolute Gasteiger partial charge is 0.0837 e. The van der Waals surface area contributed by atoms with Gasteiger partial charge in [0.05, 0.1) is 0 Å². The van der Waals surface area contributed by atoms with E-state index >= 15 is 0 Å². The summed E-state index contributed by atoms with van der Waals surface area (Å²) in [6.07, 6.45) is 0. The number of hydrogen-bond acceptors (Lipinski definition) is 0. The molecule has 4 rings (SSSR count). The standard InChI is InChI=1S/C21H15Cl.C2H6/c1-14-10-11-18(16-7-3-2-6-15(14)16)19-12-13-21(22)20-9-5-4-8-17(19)20;1-2/h2-13H,1H3;1-2H3. The minimum Gasteiger partial charge on any atom is -0.0837 e. The van der Waals surface area contributed by atoms with E-state index in [1.807, 2.05) is 26.0 Å². The second-order valence-corrected chi connectivity index (χ2v) is 6.02. The lowest BCUT2D eigenvalue weighted by Crippen LogP contribution is -1.86. The van der Waals surface area contributed by atoms with Crippen molar-refractivity contribution in [3.8, 4) is 11.1 Å². The molecule has 0 aliphatic heterocycles. The first-order chi connectivity index (χ1) is 11.8. The first-order valence-corrected chi connectivity index (χ1v) is 8.79. The van der Waals surface area contributed by atoms with Gasteiger partial charge in [-0.15, -0.1) is 0 Å². The van der Waals surface area contributed by atoms with E-state index in [-0.39, 0.29) is 0 Å². The third-order valence-electron chi connectivity index (χ3n) is 4.30. The highest BCUT2D eigenvalue weighted by atomic mass is 35.5. The highest BCUT2D eigenvalue weighted by Gasteiger charge is 2.10. The van der Waals surface area contributed by atoms with Crippen molar-refractivity contribution < 1.29 is 0 Å². The Hall–Kier alpha value is -2.31. The zero-order valence-electron chi connectivity index (χ0n) is 14.3. The van der Waals surface area contributed by atoms with Crippen molar-refractivity contribution >= 4 is 33.1 Å². The third-order valence-corrected chi connectivity index (χ3v) is 4.63. The molecule has 0 N–H and O–H groups in total. The molecule has 24 heavy (non-hydrogen) atoms. The van der Waals surface area contributed by atoms with Gasteiger partial charge in [0.15, 0.2) is 0 Å². The second-order valence-electron chi connectivity index (χ2n) is 5.62. The Kier molecular flexibility index (Phi) is 4.87. The van der Waals surface area contributed by atoms with E-state index in [0.717, 1.165) is 10.4 Å². The zero-order chi connectivity index (χ0) is 17.1. The number of fused-ring (bicyclic) bond motifs is 2. The average Bonchev–Trinajstić information content (AvgIpc) is 2.65. The van der Waals surface area contributed by atoms with Crippen molar-refractivity contribution in [2.24, 2.45) is 0 Å². The van der Waals surface area contributed by atoms with Gasteiger partial charge in [0.1, 0.15) is 0 Å². The first kappa shape index (κ1) is 16.5. The summed E-state index contributed by atoms with van der Waals surface area (Å²) in [7, 11) is 0. The van der Waals surface area contributed by atoms with Crippen LogP contribution in [0, 0.1) is 6.92 Å². The number of rotatable bonds is 1. The third kappa shape index (κ3) is 2.79. The molecule has 0 saturated heterocycles. The molecule has 0 amide bonds. The van der Waals surface area contributed by atoms with Crippen LogP contribution in [0.15, 0.2) is 72.8 Å². The van der Waals surface area contributed by atoms with Crippen LogP contribution in [0.5, 0.6) is 0 Å². The lowest BCUT2D eigenvalue weighted by Gasteiger charge is -2.12. The lowest BCUT2D eigenvalue weighted by molar-refractivity contribution is 1.50. The maximum absolute atomic E-state index is 6.36. The Morgan fingerprint density at radius 2 is 1.00 bits per heavy atom. The SMILES string of the molecule is CC.Cc1ccc(-c2ccc(Cl)c3ccccc23)c2ccccc12. The molecule has 4 aromatic rings. The Bertz CT molecular complexity index is 916. The lowest BCUT2D eigenvalue weighted by atomic mass is 9.92. The Labute approximate surface area is 148 Å². The van der Waals surface area contributed by atoms with Gasteiger partial charge < -0.3 is 0 Å². The molecule has 0 aromatic heterocycles. The van der Waals surface area contributed by atoms with Gasteiger partial charge in [-0.3, -0.25) is 0 Å². The molecule has 4 aromatic carbocycles. The molecule has 0 saturated carbocycles. The fourth-order valence-electron chi connectivity index (χ4n) is 3.18. The molecule has 0 heterocycles. The van der Waals surface area contributed by atoms with Crippen LogP contribution in [0.3, 0.4) is 0 Å². The molecule has 0 aliphatic rings. The predicted molar refractivity (Wildman–Crippen MR) is 108 cm³/mol. The normalized spacial score (nSPS) is 10.5. The number of halogens is 1. The van der Waals surface area contributed by atoms with Crippen LogP contribution >= 0.6 is 11.6 Å². The van der Waals surface area contributed by atoms with E-state index in [9.17, 15) is 0 Å². The van der Waals surface area contributed by atoms with Gasteiger partial charge in [0.2, 0.25) is 0 Å². The molecule has 0 atom stereocenters. The van der Waals surface area contributed by atoms with E-state index in [1.165, 1.54) is 32.8 Å². The summed E-state index contributed by atoms with van der Waals surface area (Å²) >= 11 is 6.36. The minimum absolute atomic E-state index is 0.802.